The van der Waals surface area contributed by atoms with Crippen molar-refractivity contribution in [3.63, 3.8) is 0 Å². The van der Waals surface area contributed by atoms with Crippen molar-refractivity contribution in [3.8, 4) is 0 Å². The van der Waals surface area contributed by atoms with Crippen LogP contribution >= 0.6 is 0 Å². The highest BCUT2D eigenvalue weighted by Crippen LogP contribution is 2.38. The summed E-state index contributed by atoms with van der Waals surface area (Å²) < 4.78 is 12.3. The van der Waals surface area contributed by atoms with E-state index in [1.54, 1.807) is 0 Å². The average Bonchev–Trinajstić information content (AvgIpc) is 2.22. The van der Waals surface area contributed by atoms with Crippen LogP contribution in [0.15, 0.2) is 12.2 Å². The second-order valence-electron chi connectivity index (χ2n) is 5.34. The molecule has 0 aromatic carbocycles. The Balaban J connectivity index is 4.48. The van der Waals surface area contributed by atoms with E-state index in [0.29, 0.717) is 6.23 Å². The maximum absolute atomic E-state index is 11.4. The van der Waals surface area contributed by atoms with Gasteiger partial charge < -0.3 is 4.74 Å². The molecule has 0 spiro atoms. The van der Waals surface area contributed by atoms with Crippen molar-refractivity contribution in [3.05, 3.63) is 12.2 Å². The average molecular weight is 229 g/mol. The first-order valence-corrected chi connectivity index (χ1v) is 8.23. The van der Waals surface area contributed by atoms with E-state index < -0.39 is 14.0 Å². The summed E-state index contributed by atoms with van der Waals surface area (Å²) >= 11 is 0. The van der Waals surface area contributed by atoms with Crippen molar-refractivity contribution >= 4 is 14.0 Å². The molecule has 0 rings (SSSR count). The molecule has 0 radical (unpaired) electrons. The van der Waals surface area contributed by atoms with Crippen molar-refractivity contribution in [2.45, 2.75) is 52.2 Å². The lowest BCUT2D eigenvalue weighted by Gasteiger charge is -2.38. The normalized spacial score (nSPS) is 16.5. The van der Waals surface area contributed by atoms with Crippen LogP contribution in [0.25, 0.3) is 0 Å². The SMILES string of the molecule is [2H]CC(=C)C(=O)OC[Si](C)(CC)C(C)(C)C. The molecule has 0 heterocycles. The molecule has 0 aromatic rings. The maximum atomic E-state index is 11.4. The first kappa shape index (κ1) is 12.5. The molecule has 1 unspecified atom stereocenters. The lowest BCUT2D eigenvalue weighted by molar-refractivity contribution is -0.137. The van der Waals surface area contributed by atoms with Crippen LogP contribution < -0.4 is 0 Å². The topological polar surface area (TPSA) is 26.3 Å². The second kappa shape index (κ2) is 4.97. The van der Waals surface area contributed by atoms with Crippen LogP contribution in [0.1, 0.15) is 36.0 Å². The van der Waals surface area contributed by atoms with E-state index >= 15 is 0 Å². The fourth-order valence-corrected chi connectivity index (χ4v) is 3.32. The van der Waals surface area contributed by atoms with E-state index in [-0.39, 0.29) is 17.5 Å². The van der Waals surface area contributed by atoms with Gasteiger partial charge in [0.15, 0.2) is 0 Å². The summed E-state index contributed by atoms with van der Waals surface area (Å²) in [5, 5.41) is 0.213. The summed E-state index contributed by atoms with van der Waals surface area (Å²) in [5.74, 6) is -0.411. The van der Waals surface area contributed by atoms with E-state index in [1.807, 2.05) is 0 Å². The Bertz CT molecular complexity index is 271. The minimum Gasteiger partial charge on any atom is -0.466 e. The standard InChI is InChI=1S/C12H24O2Si/c1-8-15(7,12(4,5)6)9-14-11(13)10(2)3/h2,8-9H2,1,3-7H3/i3D. The maximum Gasteiger partial charge on any atom is 0.332 e. The van der Waals surface area contributed by atoms with Gasteiger partial charge in [0, 0.05) is 6.94 Å². The molecule has 0 fully saturated rings. The molecule has 0 saturated carbocycles. The third-order valence-corrected chi connectivity index (χ3v) is 9.36. The van der Waals surface area contributed by atoms with E-state index in [9.17, 15) is 4.79 Å². The van der Waals surface area contributed by atoms with Crippen LogP contribution in [0.4, 0.5) is 0 Å². The molecular weight excluding hydrogens is 204 g/mol. The van der Waals surface area contributed by atoms with Crippen molar-refractivity contribution in [1.82, 2.24) is 0 Å². The van der Waals surface area contributed by atoms with Crippen LogP contribution in [0, 0.1) is 0 Å². The molecule has 0 saturated heterocycles. The van der Waals surface area contributed by atoms with E-state index in [2.05, 4.69) is 40.8 Å². The first-order chi connectivity index (χ1) is 7.18. The molecular formula is C12H24O2Si. The van der Waals surface area contributed by atoms with Gasteiger partial charge in [-0.1, -0.05) is 46.9 Å². The van der Waals surface area contributed by atoms with Gasteiger partial charge >= 0.3 is 5.97 Å². The Morgan fingerprint density at radius 2 is 2.07 bits per heavy atom. The molecule has 0 N–H and O–H groups in total. The number of carbonyl (C=O) groups is 1. The fraction of sp³-hybridized carbons (Fsp3) is 0.750. The van der Waals surface area contributed by atoms with Gasteiger partial charge in [0.1, 0.15) is 8.07 Å². The molecule has 1 atom stereocenters. The van der Waals surface area contributed by atoms with Crippen LogP contribution in [0.2, 0.25) is 17.6 Å². The van der Waals surface area contributed by atoms with Gasteiger partial charge in [0.2, 0.25) is 0 Å². The van der Waals surface area contributed by atoms with Gasteiger partial charge in [0.05, 0.1) is 6.23 Å². The monoisotopic (exact) mass is 229 g/mol. The summed E-state index contributed by atoms with van der Waals surface area (Å²) in [4.78, 5) is 11.4. The molecule has 2 nitrogen and oxygen atoms in total. The fourth-order valence-electron chi connectivity index (χ4n) is 1.18. The summed E-state index contributed by atoms with van der Waals surface area (Å²) in [5.41, 5.74) is 0.237. The lowest BCUT2D eigenvalue weighted by Crippen LogP contribution is -2.45. The summed E-state index contributed by atoms with van der Waals surface area (Å²) in [6.45, 7) is 14.5. The van der Waals surface area contributed by atoms with Gasteiger partial charge in [-0.2, -0.15) is 0 Å². The van der Waals surface area contributed by atoms with Crippen LogP contribution in [-0.2, 0) is 9.53 Å². The molecule has 0 bridgehead atoms. The molecule has 0 aromatic heterocycles. The van der Waals surface area contributed by atoms with Crippen molar-refractivity contribution < 1.29 is 10.9 Å². The van der Waals surface area contributed by atoms with Gasteiger partial charge in [-0.25, -0.2) is 4.79 Å². The molecule has 0 aliphatic carbocycles. The molecule has 15 heavy (non-hydrogen) atoms. The molecule has 0 aliphatic rings. The minimum absolute atomic E-state index is 0.0846. The van der Waals surface area contributed by atoms with Crippen LogP contribution in [0.3, 0.4) is 0 Å². The van der Waals surface area contributed by atoms with Gasteiger partial charge in [-0.05, 0) is 11.9 Å². The molecule has 0 aliphatic heterocycles. The van der Waals surface area contributed by atoms with Crippen LogP contribution in [0.5, 0.6) is 0 Å². The Kier molecular flexibility index (Phi) is 4.14. The van der Waals surface area contributed by atoms with Crippen molar-refractivity contribution in [1.29, 1.82) is 0 Å². The number of ether oxygens (including phenoxy) is 1. The highest BCUT2D eigenvalue weighted by Gasteiger charge is 2.39. The Labute approximate surface area is 96.1 Å². The Morgan fingerprint density at radius 1 is 1.53 bits per heavy atom. The largest absolute Gasteiger partial charge is 0.466 e. The van der Waals surface area contributed by atoms with Gasteiger partial charge in [-0.15, -0.1) is 0 Å². The number of hydrogen-bond donors (Lipinski definition) is 0. The smallest absolute Gasteiger partial charge is 0.332 e. The predicted octanol–water partition coefficient (Wildman–Crippen LogP) is 3.54. The Morgan fingerprint density at radius 3 is 2.40 bits per heavy atom. The zero-order chi connectivity index (χ0) is 13.0. The molecule has 88 valence electrons. The van der Waals surface area contributed by atoms with Crippen molar-refractivity contribution in [2.75, 3.05) is 6.23 Å². The summed E-state index contributed by atoms with van der Waals surface area (Å²) in [7, 11) is -1.59. The third kappa shape index (κ3) is 3.82. The lowest BCUT2D eigenvalue weighted by atomic mass is 10.2. The van der Waals surface area contributed by atoms with Gasteiger partial charge in [0.25, 0.3) is 0 Å². The van der Waals surface area contributed by atoms with E-state index in [0.717, 1.165) is 6.04 Å². The van der Waals surface area contributed by atoms with Crippen LogP contribution in [-0.4, -0.2) is 20.3 Å². The quantitative estimate of drug-likeness (QED) is 0.419. The number of hydrogen-bond acceptors (Lipinski definition) is 2. The summed E-state index contributed by atoms with van der Waals surface area (Å²) in [6, 6.07) is 1.08. The minimum atomic E-state index is -1.59. The second-order valence-corrected chi connectivity index (χ2v) is 11.0. The predicted molar refractivity (Wildman–Crippen MR) is 67.6 cm³/mol. The van der Waals surface area contributed by atoms with Crippen molar-refractivity contribution in [2.24, 2.45) is 0 Å². The molecule has 0 amide bonds. The highest BCUT2D eigenvalue weighted by atomic mass is 28.3. The summed E-state index contributed by atoms with van der Waals surface area (Å²) in [6.07, 6.45) is 0.519. The Hall–Kier alpha value is -0.573. The van der Waals surface area contributed by atoms with E-state index in [4.69, 9.17) is 6.11 Å². The number of carbonyl (C=O) groups excluding carboxylic acids is 1. The van der Waals surface area contributed by atoms with Gasteiger partial charge in [-0.3, -0.25) is 0 Å². The number of rotatable bonds is 4. The number of esters is 1. The zero-order valence-electron chi connectivity index (χ0n) is 11.6. The first-order valence-electron chi connectivity index (χ1n) is 6.03. The zero-order valence-corrected chi connectivity index (χ0v) is 11.6. The van der Waals surface area contributed by atoms with E-state index in [1.165, 1.54) is 0 Å². The third-order valence-electron chi connectivity index (χ3n) is 3.40. The highest BCUT2D eigenvalue weighted by molar-refractivity contribution is 6.81. The molecule has 3 heteroatoms.